The number of ether oxygens (including phenoxy) is 2. The lowest BCUT2D eigenvalue weighted by Crippen LogP contribution is -2.42. The van der Waals surface area contributed by atoms with Gasteiger partial charge in [0.25, 0.3) is 0 Å². The lowest BCUT2D eigenvalue weighted by molar-refractivity contribution is 0.0582. The molecule has 18 heavy (non-hydrogen) atoms. The first-order valence-electron chi connectivity index (χ1n) is 6.77. The molecule has 1 saturated heterocycles. The van der Waals surface area contributed by atoms with Crippen LogP contribution in [0.3, 0.4) is 0 Å². The first-order valence-corrected chi connectivity index (χ1v) is 6.77. The summed E-state index contributed by atoms with van der Waals surface area (Å²) in [6, 6.07) is 0. The molecular formula is C12H26N4O2. The standard InChI is InChI=1S/C12H26N4O2/c1-2-17-8-4-6-14-12(16-13)15-9-11-5-3-7-18-10-11/h11H,2-10,13H2,1H3,(H2,14,15,16). The van der Waals surface area contributed by atoms with Crippen molar-refractivity contribution in [2.45, 2.75) is 26.2 Å². The van der Waals surface area contributed by atoms with Crippen LogP contribution >= 0.6 is 0 Å². The van der Waals surface area contributed by atoms with Crippen molar-refractivity contribution in [3.63, 3.8) is 0 Å². The van der Waals surface area contributed by atoms with Crippen LogP contribution in [0.2, 0.25) is 0 Å². The molecule has 1 unspecified atom stereocenters. The fourth-order valence-corrected chi connectivity index (χ4v) is 1.85. The van der Waals surface area contributed by atoms with Crippen molar-refractivity contribution in [1.29, 1.82) is 0 Å². The van der Waals surface area contributed by atoms with Crippen LogP contribution < -0.4 is 16.6 Å². The van der Waals surface area contributed by atoms with Crippen molar-refractivity contribution in [3.8, 4) is 0 Å². The maximum atomic E-state index is 5.42. The predicted octanol–water partition coefficient (Wildman–Crippen LogP) is 0.249. The van der Waals surface area contributed by atoms with Crippen LogP contribution in [0.5, 0.6) is 0 Å². The molecule has 0 aliphatic carbocycles. The topological polar surface area (TPSA) is 80.9 Å². The summed E-state index contributed by atoms with van der Waals surface area (Å²) in [5.41, 5.74) is 2.59. The van der Waals surface area contributed by atoms with Gasteiger partial charge in [-0.25, -0.2) is 5.84 Å². The zero-order valence-corrected chi connectivity index (χ0v) is 11.3. The first-order chi connectivity index (χ1) is 8.86. The Hall–Kier alpha value is -0.850. The third-order valence-corrected chi connectivity index (χ3v) is 2.86. The molecule has 4 N–H and O–H groups in total. The van der Waals surface area contributed by atoms with E-state index in [0.717, 1.165) is 52.4 Å². The fourth-order valence-electron chi connectivity index (χ4n) is 1.85. The van der Waals surface area contributed by atoms with Gasteiger partial charge in [0.15, 0.2) is 0 Å². The Bertz CT molecular complexity index is 230. The molecule has 6 nitrogen and oxygen atoms in total. The summed E-state index contributed by atoms with van der Waals surface area (Å²) in [6.07, 6.45) is 3.26. The van der Waals surface area contributed by atoms with Crippen LogP contribution in [-0.4, -0.2) is 45.5 Å². The van der Waals surface area contributed by atoms with Gasteiger partial charge in [-0.3, -0.25) is 10.4 Å². The Balaban J connectivity index is 2.13. The van der Waals surface area contributed by atoms with Crippen molar-refractivity contribution in [1.82, 2.24) is 10.7 Å². The zero-order chi connectivity index (χ0) is 13.1. The maximum absolute atomic E-state index is 5.42. The van der Waals surface area contributed by atoms with E-state index in [4.69, 9.17) is 15.3 Å². The molecule has 0 amide bonds. The molecule has 0 radical (unpaired) electrons. The van der Waals surface area contributed by atoms with Crippen LogP contribution in [0.4, 0.5) is 0 Å². The molecule has 1 aliphatic heterocycles. The minimum absolute atomic E-state index is 0.521. The Morgan fingerprint density at radius 1 is 1.56 bits per heavy atom. The van der Waals surface area contributed by atoms with Crippen LogP contribution in [0.25, 0.3) is 0 Å². The van der Waals surface area contributed by atoms with Crippen molar-refractivity contribution >= 4 is 5.96 Å². The molecule has 0 bridgehead atoms. The van der Waals surface area contributed by atoms with Gasteiger partial charge in [0.05, 0.1) is 6.61 Å². The number of rotatable bonds is 7. The van der Waals surface area contributed by atoms with Gasteiger partial charge in [-0.15, -0.1) is 0 Å². The largest absolute Gasteiger partial charge is 0.382 e. The number of aliphatic imine (C=N–C) groups is 1. The van der Waals surface area contributed by atoms with E-state index in [2.05, 4.69) is 15.7 Å². The molecule has 0 spiro atoms. The van der Waals surface area contributed by atoms with E-state index in [1.807, 2.05) is 6.92 Å². The molecule has 6 heteroatoms. The van der Waals surface area contributed by atoms with Gasteiger partial charge >= 0.3 is 0 Å². The number of nitrogens with one attached hydrogen (secondary N) is 2. The highest BCUT2D eigenvalue weighted by Crippen LogP contribution is 2.13. The molecule has 0 aromatic carbocycles. The molecule has 1 heterocycles. The highest BCUT2D eigenvalue weighted by molar-refractivity contribution is 5.79. The molecule has 1 atom stereocenters. The second-order valence-electron chi connectivity index (χ2n) is 4.39. The minimum atomic E-state index is 0.521. The second-order valence-corrected chi connectivity index (χ2v) is 4.39. The van der Waals surface area contributed by atoms with Crippen LogP contribution in [0, 0.1) is 5.92 Å². The summed E-state index contributed by atoms with van der Waals surface area (Å²) >= 11 is 0. The zero-order valence-electron chi connectivity index (χ0n) is 11.3. The SMILES string of the molecule is CCOCCCNC(=NCC1CCCOC1)NN. The number of nitrogens with two attached hydrogens (primary N) is 1. The normalized spacial score (nSPS) is 20.8. The van der Waals surface area contributed by atoms with Crippen LogP contribution in [0.1, 0.15) is 26.2 Å². The molecule has 0 aromatic heterocycles. The smallest absolute Gasteiger partial charge is 0.205 e. The average Bonchev–Trinajstić information content (AvgIpc) is 2.43. The van der Waals surface area contributed by atoms with E-state index < -0.39 is 0 Å². The van der Waals surface area contributed by atoms with Crippen LogP contribution in [-0.2, 0) is 9.47 Å². The molecule has 106 valence electrons. The second kappa shape index (κ2) is 10.1. The maximum Gasteiger partial charge on any atom is 0.205 e. The highest BCUT2D eigenvalue weighted by Gasteiger charge is 2.13. The predicted molar refractivity (Wildman–Crippen MR) is 72.3 cm³/mol. The molecule has 1 rings (SSSR count). The van der Waals surface area contributed by atoms with Crippen molar-refractivity contribution in [2.24, 2.45) is 16.8 Å². The summed E-state index contributed by atoms with van der Waals surface area (Å²) in [7, 11) is 0. The van der Waals surface area contributed by atoms with Gasteiger partial charge < -0.3 is 14.8 Å². The Morgan fingerprint density at radius 3 is 3.11 bits per heavy atom. The summed E-state index contributed by atoms with van der Waals surface area (Å²) in [6.45, 7) is 6.79. The quantitative estimate of drug-likeness (QED) is 0.200. The van der Waals surface area contributed by atoms with Gasteiger partial charge in [0, 0.05) is 38.8 Å². The van der Waals surface area contributed by atoms with E-state index in [9.17, 15) is 0 Å². The van der Waals surface area contributed by atoms with E-state index in [1.165, 1.54) is 6.42 Å². The molecule has 0 saturated carbocycles. The molecular weight excluding hydrogens is 232 g/mol. The summed E-state index contributed by atoms with van der Waals surface area (Å²) in [5.74, 6) is 6.59. The Morgan fingerprint density at radius 2 is 2.44 bits per heavy atom. The molecule has 0 aromatic rings. The summed E-state index contributed by atoms with van der Waals surface area (Å²) < 4.78 is 10.7. The Kier molecular flexibility index (Phi) is 8.54. The lowest BCUT2D eigenvalue weighted by Gasteiger charge is -2.20. The van der Waals surface area contributed by atoms with Gasteiger partial charge in [-0.1, -0.05) is 0 Å². The van der Waals surface area contributed by atoms with Gasteiger partial charge in [-0.05, 0) is 26.2 Å². The summed E-state index contributed by atoms with van der Waals surface area (Å²) in [4.78, 5) is 4.43. The lowest BCUT2D eigenvalue weighted by atomic mass is 10.0. The fraction of sp³-hybridized carbons (Fsp3) is 0.917. The van der Waals surface area contributed by atoms with E-state index in [1.54, 1.807) is 0 Å². The number of hydrazine groups is 1. The Labute approximate surface area is 109 Å². The van der Waals surface area contributed by atoms with Crippen LogP contribution in [0.15, 0.2) is 4.99 Å². The van der Waals surface area contributed by atoms with Gasteiger partial charge in [-0.2, -0.15) is 0 Å². The number of hydrogen-bond donors (Lipinski definition) is 3. The van der Waals surface area contributed by atoms with Crippen molar-refractivity contribution in [3.05, 3.63) is 0 Å². The molecule has 1 fully saturated rings. The van der Waals surface area contributed by atoms with Gasteiger partial charge in [0.1, 0.15) is 0 Å². The average molecular weight is 258 g/mol. The minimum Gasteiger partial charge on any atom is -0.382 e. The molecule has 1 aliphatic rings. The van der Waals surface area contributed by atoms with E-state index >= 15 is 0 Å². The highest BCUT2D eigenvalue weighted by atomic mass is 16.5. The summed E-state index contributed by atoms with van der Waals surface area (Å²) in [5, 5.41) is 3.16. The first kappa shape index (κ1) is 15.2. The number of nitrogens with zero attached hydrogens (tertiary/aromatic N) is 1. The number of guanidine groups is 1. The monoisotopic (exact) mass is 258 g/mol. The van der Waals surface area contributed by atoms with Crippen molar-refractivity contribution < 1.29 is 9.47 Å². The third-order valence-electron chi connectivity index (χ3n) is 2.86. The van der Waals surface area contributed by atoms with E-state index in [-0.39, 0.29) is 0 Å². The van der Waals surface area contributed by atoms with E-state index in [0.29, 0.717) is 11.9 Å². The van der Waals surface area contributed by atoms with Gasteiger partial charge in [0.2, 0.25) is 5.96 Å². The van der Waals surface area contributed by atoms with Crippen molar-refractivity contribution in [2.75, 3.05) is 39.5 Å². The number of hydrogen-bond acceptors (Lipinski definition) is 4. The third kappa shape index (κ3) is 6.78.